The lowest BCUT2D eigenvalue weighted by Gasteiger charge is -2.28. The molecule has 0 unspecified atom stereocenters. The third-order valence-corrected chi connectivity index (χ3v) is 5.04. The predicted molar refractivity (Wildman–Crippen MR) is 116 cm³/mol. The molecule has 0 aliphatic carbocycles. The zero-order valence-corrected chi connectivity index (χ0v) is 16.3. The SMILES string of the molecule is O=C(Nc1ccc(-c2ccccc2)cc1)c1ccc(N2CCOCC2)c([N+](=O)[O-])c1. The molecule has 0 atom stereocenters. The number of nitro benzene ring substituents is 1. The van der Waals surface area contributed by atoms with Gasteiger partial charge in [-0.05, 0) is 35.4 Å². The molecule has 3 aromatic carbocycles. The third-order valence-electron chi connectivity index (χ3n) is 5.04. The van der Waals surface area contributed by atoms with Crippen LogP contribution in [0.25, 0.3) is 11.1 Å². The summed E-state index contributed by atoms with van der Waals surface area (Å²) in [7, 11) is 0. The first-order chi connectivity index (χ1) is 14.6. The highest BCUT2D eigenvalue weighted by molar-refractivity contribution is 6.05. The number of ether oxygens (including phenoxy) is 1. The Hall–Kier alpha value is -3.71. The van der Waals surface area contributed by atoms with Crippen LogP contribution in [0.4, 0.5) is 17.1 Å². The number of nitro groups is 1. The molecule has 7 nitrogen and oxygen atoms in total. The van der Waals surface area contributed by atoms with Crippen molar-refractivity contribution in [1.82, 2.24) is 0 Å². The fourth-order valence-electron chi connectivity index (χ4n) is 3.46. The fraction of sp³-hybridized carbons (Fsp3) is 0.174. The van der Waals surface area contributed by atoms with Crippen molar-refractivity contribution < 1.29 is 14.5 Å². The molecule has 0 bridgehead atoms. The van der Waals surface area contributed by atoms with E-state index in [2.05, 4.69) is 5.32 Å². The minimum Gasteiger partial charge on any atom is -0.378 e. The van der Waals surface area contributed by atoms with Gasteiger partial charge in [0.1, 0.15) is 5.69 Å². The molecule has 1 amide bonds. The lowest BCUT2D eigenvalue weighted by Crippen LogP contribution is -2.36. The topological polar surface area (TPSA) is 84.7 Å². The molecule has 1 heterocycles. The number of nitrogens with one attached hydrogen (secondary N) is 1. The first-order valence-electron chi connectivity index (χ1n) is 9.70. The van der Waals surface area contributed by atoms with Crippen LogP contribution in [0.2, 0.25) is 0 Å². The molecule has 1 aliphatic rings. The van der Waals surface area contributed by atoms with Crippen LogP contribution >= 0.6 is 0 Å². The Morgan fingerprint density at radius 2 is 1.60 bits per heavy atom. The van der Waals surface area contributed by atoms with E-state index in [1.54, 1.807) is 12.1 Å². The van der Waals surface area contributed by atoms with E-state index in [9.17, 15) is 14.9 Å². The van der Waals surface area contributed by atoms with E-state index < -0.39 is 4.92 Å². The van der Waals surface area contributed by atoms with Crippen LogP contribution in [0.1, 0.15) is 10.4 Å². The summed E-state index contributed by atoms with van der Waals surface area (Å²) >= 11 is 0. The van der Waals surface area contributed by atoms with Crippen molar-refractivity contribution >= 4 is 23.0 Å². The number of carbonyl (C=O) groups is 1. The Balaban J connectivity index is 1.51. The highest BCUT2D eigenvalue weighted by Crippen LogP contribution is 2.30. The van der Waals surface area contributed by atoms with Crippen molar-refractivity contribution in [3.63, 3.8) is 0 Å². The third kappa shape index (κ3) is 4.31. The van der Waals surface area contributed by atoms with Gasteiger partial charge in [-0.3, -0.25) is 14.9 Å². The molecule has 1 N–H and O–H groups in total. The Morgan fingerprint density at radius 1 is 0.933 bits per heavy atom. The Labute approximate surface area is 174 Å². The van der Waals surface area contributed by atoms with E-state index in [1.165, 1.54) is 6.07 Å². The lowest BCUT2D eigenvalue weighted by atomic mass is 10.1. The largest absolute Gasteiger partial charge is 0.378 e. The van der Waals surface area contributed by atoms with Gasteiger partial charge in [-0.25, -0.2) is 0 Å². The molecule has 0 saturated carbocycles. The van der Waals surface area contributed by atoms with E-state index >= 15 is 0 Å². The van der Waals surface area contributed by atoms with Gasteiger partial charge in [0.05, 0.1) is 18.1 Å². The van der Waals surface area contributed by atoms with Gasteiger partial charge in [0, 0.05) is 30.4 Å². The summed E-state index contributed by atoms with van der Waals surface area (Å²) in [6.45, 7) is 2.22. The van der Waals surface area contributed by atoms with E-state index in [0.717, 1.165) is 11.1 Å². The van der Waals surface area contributed by atoms with Gasteiger partial charge in [-0.1, -0.05) is 42.5 Å². The van der Waals surface area contributed by atoms with Gasteiger partial charge in [0.15, 0.2) is 0 Å². The summed E-state index contributed by atoms with van der Waals surface area (Å²) in [5.74, 6) is -0.390. The summed E-state index contributed by atoms with van der Waals surface area (Å²) < 4.78 is 5.31. The smallest absolute Gasteiger partial charge is 0.293 e. The molecule has 3 aromatic rings. The highest BCUT2D eigenvalue weighted by atomic mass is 16.6. The minimum absolute atomic E-state index is 0.0797. The average molecular weight is 403 g/mol. The van der Waals surface area contributed by atoms with E-state index in [-0.39, 0.29) is 17.2 Å². The molecule has 30 heavy (non-hydrogen) atoms. The second kappa shape index (κ2) is 8.75. The van der Waals surface area contributed by atoms with Gasteiger partial charge in [-0.2, -0.15) is 0 Å². The minimum atomic E-state index is -0.448. The Kier molecular flexibility index (Phi) is 5.72. The van der Waals surface area contributed by atoms with Gasteiger partial charge < -0.3 is 15.0 Å². The van der Waals surface area contributed by atoms with E-state index in [0.29, 0.717) is 37.7 Å². The number of hydrogen-bond donors (Lipinski definition) is 1. The van der Waals surface area contributed by atoms with Crippen molar-refractivity contribution in [2.75, 3.05) is 36.5 Å². The van der Waals surface area contributed by atoms with E-state index in [1.807, 2.05) is 59.5 Å². The summed E-state index contributed by atoms with van der Waals surface area (Å²) in [5, 5.41) is 14.4. The van der Waals surface area contributed by atoms with Crippen LogP contribution in [0.5, 0.6) is 0 Å². The molecule has 0 radical (unpaired) electrons. The molecule has 7 heteroatoms. The number of nitrogens with zero attached hydrogens (tertiary/aromatic N) is 2. The van der Waals surface area contributed by atoms with Crippen molar-refractivity contribution in [3.8, 4) is 11.1 Å². The van der Waals surface area contributed by atoms with Crippen molar-refractivity contribution in [2.24, 2.45) is 0 Å². The van der Waals surface area contributed by atoms with Crippen LogP contribution in [0, 0.1) is 10.1 Å². The second-order valence-electron chi connectivity index (χ2n) is 6.96. The summed E-state index contributed by atoms with van der Waals surface area (Å²) in [6, 6.07) is 22.0. The molecule has 0 spiro atoms. The summed E-state index contributed by atoms with van der Waals surface area (Å²) in [5.41, 5.74) is 3.42. The van der Waals surface area contributed by atoms with Crippen LogP contribution in [-0.4, -0.2) is 37.1 Å². The maximum Gasteiger partial charge on any atom is 0.293 e. The lowest BCUT2D eigenvalue weighted by molar-refractivity contribution is -0.384. The van der Waals surface area contributed by atoms with Crippen molar-refractivity contribution in [1.29, 1.82) is 0 Å². The molecule has 4 rings (SSSR count). The van der Waals surface area contributed by atoms with Gasteiger partial charge >= 0.3 is 0 Å². The number of carbonyl (C=O) groups excluding carboxylic acids is 1. The molecule has 152 valence electrons. The Morgan fingerprint density at radius 3 is 2.27 bits per heavy atom. The molecular formula is C23H21N3O4. The zero-order valence-electron chi connectivity index (χ0n) is 16.3. The van der Waals surface area contributed by atoms with Gasteiger partial charge in [0.25, 0.3) is 11.6 Å². The number of hydrogen-bond acceptors (Lipinski definition) is 5. The number of rotatable bonds is 5. The normalized spacial score (nSPS) is 13.7. The predicted octanol–water partition coefficient (Wildman–Crippen LogP) is 4.35. The standard InChI is InChI=1S/C23H21N3O4/c27-23(24-20-9-6-18(7-10-20)17-4-2-1-3-5-17)19-8-11-21(22(16-19)26(28)29)25-12-14-30-15-13-25/h1-11,16H,12-15H2,(H,24,27). The van der Waals surface area contributed by atoms with Crippen molar-refractivity contribution in [3.05, 3.63) is 88.5 Å². The van der Waals surface area contributed by atoms with Crippen molar-refractivity contribution in [2.45, 2.75) is 0 Å². The maximum absolute atomic E-state index is 12.7. The monoisotopic (exact) mass is 403 g/mol. The summed E-state index contributed by atoms with van der Waals surface area (Å²) in [6.07, 6.45) is 0. The molecule has 1 aliphatic heterocycles. The first kappa shape index (κ1) is 19.6. The number of morpholine rings is 1. The number of anilines is 2. The van der Waals surface area contributed by atoms with Crippen LogP contribution in [-0.2, 0) is 4.74 Å². The van der Waals surface area contributed by atoms with Crippen LogP contribution < -0.4 is 10.2 Å². The molecule has 1 fully saturated rings. The number of amides is 1. The first-order valence-corrected chi connectivity index (χ1v) is 9.70. The molecule has 0 aromatic heterocycles. The van der Waals surface area contributed by atoms with Crippen LogP contribution in [0.3, 0.4) is 0 Å². The zero-order chi connectivity index (χ0) is 20.9. The maximum atomic E-state index is 12.7. The molecular weight excluding hydrogens is 382 g/mol. The quantitative estimate of drug-likeness (QED) is 0.506. The number of benzene rings is 3. The van der Waals surface area contributed by atoms with E-state index in [4.69, 9.17) is 4.74 Å². The highest BCUT2D eigenvalue weighted by Gasteiger charge is 2.23. The van der Waals surface area contributed by atoms with Gasteiger partial charge in [-0.15, -0.1) is 0 Å². The Bertz CT molecular complexity index is 1050. The fourth-order valence-corrected chi connectivity index (χ4v) is 3.46. The average Bonchev–Trinajstić information content (AvgIpc) is 2.80. The van der Waals surface area contributed by atoms with Gasteiger partial charge in [0.2, 0.25) is 0 Å². The molecule has 1 saturated heterocycles. The van der Waals surface area contributed by atoms with Crippen LogP contribution in [0.15, 0.2) is 72.8 Å². The summed E-state index contributed by atoms with van der Waals surface area (Å²) in [4.78, 5) is 25.7. The second-order valence-corrected chi connectivity index (χ2v) is 6.96.